The average Bonchev–Trinajstić information content (AvgIpc) is 2.86. The van der Waals surface area contributed by atoms with Crippen molar-refractivity contribution in [3.63, 3.8) is 0 Å². The Balaban J connectivity index is 3.10. The number of carbonyl (C=O) groups is 1. The molecule has 0 saturated carbocycles. The average molecular weight is 531 g/mol. The van der Waals surface area contributed by atoms with Crippen molar-refractivity contribution in [2.24, 2.45) is 4.99 Å². The minimum atomic E-state index is -0.515. The lowest BCUT2D eigenvalue weighted by Crippen LogP contribution is -2.38. The Morgan fingerprint density at radius 2 is 1.84 bits per heavy atom. The Labute approximate surface area is 226 Å². The second-order valence-electron chi connectivity index (χ2n) is 8.88. The quantitative estimate of drug-likeness (QED) is 0.182. The molecule has 210 valence electrons. The van der Waals surface area contributed by atoms with E-state index >= 15 is 4.39 Å². The van der Waals surface area contributed by atoms with Crippen LogP contribution in [0.5, 0.6) is 5.75 Å². The molecule has 8 nitrogen and oxygen atoms in total. The van der Waals surface area contributed by atoms with Gasteiger partial charge in [-0.25, -0.2) is 14.2 Å². The van der Waals surface area contributed by atoms with Gasteiger partial charge < -0.3 is 30.2 Å². The standard InChI is InChI=1S/C29H43FN4O4/c1-9-12-23(34-28(35)32-16-15-29(5,6)37-8)14-13-22(10-2)33-27(31-11-3)26-21(4)19-24(20-25(26)30)38-18-17-36-7/h10-14,19-20,33H,4,9,15-18H2,1-3,5-8H3,(H2,32,34,35)/b14-13-,22-10+,23-12-,27-26-,31-11-. The number of amides is 2. The SMILES string of the molecule is C=c1cc(OCCOC)cc(F)/c1=C(/N=C\C)NC(/C=C\C(=C\CC)NC(=O)NCCC(C)(C)OC)=C/C. The fraction of sp³-hybridized carbons (Fsp3) is 0.448. The van der Waals surface area contributed by atoms with Crippen LogP contribution in [0.1, 0.15) is 47.5 Å². The molecular formula is C29H43FN4O4. The smallest absolute Gasteiger partial charge is 0.319 e. The first-order chi connectivity index (χ1) is 18.1. The summed E-state index contributed by atoms with van der Waals surface area (Å²) in [4.78, 5) is 16.7. The minimum absolute atomic E-state index is 0.232. The molecule has 0 atom stereocenters. The van der Waals surface area contributed by atoms with Crippen molar-refractivity contribution < 1.29 is 23.4 Å². The van der Waals surface area contributed by atoms with E-state index in [0.29, 0.717) is 54.4 Å². The van der Waals surface area contributed by atoms with Crippen LogP contribution in [-0.2, 0) is 9.47 Å². The van der Waals surface area contributed by atoms with Crippen LogP contribution in [0.2, 0.25) is 0 Å². The Morgan fingerprint density at radius 3 is 2.42 bits per heavy atom. The molecule has 1 aromatic rings. The second kappa shape index (κ2) is 17.1. The molecule has 0 bridgehead atoms. The maximum atomic E-state index is 15.1. The zero-order chi connectivity index (χ0) is 28.6. The number of rotatable bonds is 15. The lowest BCUT2D eigenvalue weighted by atomic mass is 10.1. The Bertz CT molecular complexity index is 1140. The van der Waals surface area contributed by atoms with Crippen LogP contribution in [0.4, 0.5) is 9.18 Å². The van der Waals surface area contributed by atoms with E-state index in [0.717, 1.165) is 6.42 Å². The number of aliphatic imine (C=N–C) groups is 1. The highest BCUT2D eigenvalue weighted by Gasteiger charge is 2.16. The number of allylic oxidation sites excluding steroid dienone is 4. The molecule has 9 heteroatoms. The third kappa shape index (κ3) is 11.7. The lowest BCUT2D eigenvalue weighted by Gasteiger charge is -2.22. The fourth-order valence-corrected chi connectivity index (χ4v) is 3.18. The van der Waals surface area contributed by atoms with Gasteiger partial charge in [0.15, 0.2) is 0 Å². The fourth-order valence-electron chi connectivity index (χ4n) is 3.18. The van der Waals surface area contributed by atoms with Crippen molar-refractivity contribution >= 4 is 24.6 Å². The molecule has 0 aliphatic carbocycles. The Kier molecular flexibility index (Phi) is 14.7. The highest BCUT2D eigenvalue weighted by atomic mass is 19.1. The maximum Gasteiger partial charge on any atom is 0.319 e. The van der Waals surface area contributed by atoms with Crippen LogP contribution < -0.4 is 31.1 Å². The van der Waals surface area contributed by atoms with Gasteiger partial charge >= 0.3 is 6.03 Å². The largest absolute Gasteiger partial charge is 0.491 e. The van der Waals surface area contributed by atoms with Crippen LogP contribution in [0, 0.1) is 5.82 Å². The summed E-state index contributed by atoms with van der Waals surface area (Å²) in [6.45, 7) is 14.6. The van der Waals surface area contributed by atoms with Gasteiger partial charge in [-0.3, -0.25) is 0 Å². The van der Waals surface area contributed by atoms with E-state index in [1.165, 1.54) is 6.07 Å². The summed E-state index contributed by atoms with van der Waals surface area (Å²) in [6.07, 6.45) is 10.2. The Hall–Kier alpha value is -3.43. The van der Waals surface area contributed by atoms with Crippen LogP contribution in [-0.4, -0.2) is 51.8 Å². The predicted molar refractivity (Wildman–Crippen MR) is 153 cm³/mol. The van der Waals surface area contributed by atoms with Gasteiger partial charge in [0.05, 0.1) is 17.4 Å². The summed E-state index contributed by atoms with van der Waals surface area (Å²) in [7, 11) is 3.22. The summed E-state index contributed by atoms with van der Waals surface area (Å²) >= 11 is 0. The van der Waals surface area contributed by atoms with Gasteiger partial charge in [-0.2, -0.15) is 0 Å². The van der Waals surface area contributed by atoms with Gasteiger partial charge in [0.2, 0.25) is 0 Å². The molecule has 38 heavy (non-hydrogen) atoms. The molecule has 0 spiro atoms. The van der Waals surface area contributed by atoms with Crippen molar-refractivity contribution in [1.29, 1.82) is 0 Å². The van der Waals surface area contributed by atoms with E-state index in [1.54, 1.807) is 45.6 Å². The number of nitrogens with one attached hydrogen (secondary N) is 3. The number of methoxy groups -OCH3 is 2. The molecule has 0 aliphatic rings. The predicted octanol–water partition coefficient (Wildman–Crippen LogP) is 3.88. The molecular weight excluding hydrogens is 487 g/mol. The molecule has 0 aliphatic heterocycles. The van der Waals surface area contributed by atoms with Crippen molar-refractivity contribution in [2.45, 2.75) is 53.1 Å². The van der Waals surface area contributed by atoms with Crippen LogP contribution in [0.25, 0.3) is 12.4 Å². The first-order valence-electron chi connectivity index (χ1n) is 12.7. The van der Waals surface area contributed by atoms with Crippen molar-refractivity contribution in [2.75, 3.05) is 34.0 Å². The number of hydrogen-bond acceptors (Lipinski definition) is 6. The van der Waals surface area contributed by atoms with Crippen LogP contribution in [0.3, 0.4) is 0 Å². The summed E-state index contributed by atoms with van der Waals surface area (Å²) in [5.41, 5.74) is 0.955. The minimum Gasteiger partial charge on any atom is -0.491 e. The first-order valence-corrected chi connectivity index (χ1v) is 12.7. The summed E-state index contributed by atoms with van der Waals surface area (Å²) in [5.74, 6) is 0.145. The molecule has 0 heterocycles. The third-order valence-electron chi connectivity index (χ3n) is 5.46. The molecule has 2 amide bonds. The molecule has 3 N–H and O–H groups in total. The highest BCUT2D eigenvalue weighted by Crippen LogP contribution is 2.11. The van der Waals surface area contributed by atoms with E-state index in [-0.39, 0.29) is 16.9 Å². The summed E-state index contributed by atoms with van der Waals surface area (Å²) in [5, 5.41) is 9.52. The van der Waals surface area contributed by atoms with Gasteiger partial charge in [-0.1, -0.05) is 25.7 Å². The molecule has 0 fully saturated rings. The van der Waals surface area contributed by atoms with Gasteiger partial charge in [-0.05, 0) is 64.0 Å². The number of nitrogens with zero attached hydrogens (tertiary/aromatic N) is 1. The normalized spacial score (nSPS) is 13.7. The van der Waals surface area contributed by atoms with E-state index in [4.69, 9.17) is 14.2 Å². The Morgan fingerprint density at radius 1 is 1.13 bits per heavy atom. The molecule has 0 saturated heterocycles. The maximum absolute atomic E-state index is 15.1. The molecule has 0 aromatic heterocycles. The van der Waals surface area contributed by atoms with E-state index in [9.17, 15) is 4.79 Å². The van der Waals surface area contributed by atoms with Gasteiger partial charge in [0.25, 0.3) is 0 Å². The number of hydrogen-bond donors (Lipinski definition) is 3. The van der Waals surface area contributed by atoms with E-state index in [2.05, 4.69) is 27.5 Å². The zero-order valence-corrected chi connectivity index (χ0v) is 23.7. The van der Waals surface area contributed by atoms with Crippen molar-refractivity contribution in [3.8, 4) is 5.75 Å². The first kappa shape index (κ1) is 32.6. The number of halogens is 1. The second-order valence-corrected chi connectivity index (χ2v) is 8.88. The highest BCUT2D eigenvalue weighted by molar-refractivity contribution is 5.76. The number of urea groups is 1. The molecule has 0 unspecified atom stereocenters. The van der Waals surface area contributed by atoms with Crippen LogP contribution >= 0.6 is 0 Å². The number of benzene rings is 1. The van der Waals surface area contributed by atoms with E-state index < -0.39 is 5.82 Å². The van der Waals surface area contributed by atoms with E-state index in [1.807, 2.05) is 39.8 Å². The summed E-state index contributed by atoms with van der Waals surface area (Å²) in [6, 6.07) is 2.65. The summed E-state index contributed by atoms with van der Waals surface area (Å²) < 4.78 is 31.0. The van der Waals surface area contributed by atoms with Crippen molar-refractivity contribution in [3.05, 3.63) is 64.1 Å². The molecule has 0 radical (unpaired) electrons. The molecule has 1 aromatic carbocycles. The number of carbonyl (C=O) groups excluding carboxylic acids is 1. The van der Waals surface area contributed by atoms with Gasteiger partial charge in [-0.15, -0.1) is 0 Å². The van der Waals surface area contributed by atoms with Crippen LogP contribution in [0.15, 0.2) is 52.8 Å². The topological polar surface area (TPSA) is 93.2 Å². The monoisotopic (exact) mass is 530 g/mol. The zero-order valence-electron chi connectivity index (χ0n) is 23.7. The third-order valence-corrected chi connectivity index (χ3v) is 5.46. The molecule has 1 rings (SSSR count). The number of ether oxygens (including phenoxy) is 3. The van der Waals surface area contributed by atoms with Gasteiger partial charge in [0, 0.05) is 44.4 Å². The van der Waals surface area contributed by atoms with Gasteiger partial charge in [0.1, 0.15) is 24.0 Å². The van der Waals surface area contributed by atoms with Crippen molar-refractivity contribution in [1.82, 2.24) is 16.0 Å². The lowest BCUT2D eigenvalue weighted by molar-refractivity contribution is 0.0165.